The first kappa shape index (κ1) is 31.1. The van der Waals surface area contributed by atoms with Crippen molar-refractivity contribution >= 4 is 27.5 Å². The van der Waals surface area contributed by atoms with Crippen LogP contribution in [0.3, 0.4) is 0 Å². The largest absolute Gasteiger partial charge is 0.468 e. The summed E-state index contributed by atoms with van der Waals surface area (Å²) < 4.78 is 64.2. The fraction of sp³-hybridized carbons (Fsp3) is 0.486. The molecule has 0 spiro atoms. The lowest BCUT2D eigenvalue weighted by molar-refractivity contribution is 0.0512. The number of nitrogens with zero attached hydrogens (tertiary/aromatic N) is 5. The predicted molar refractivity (Wildman–Crippen MR) is 177 cm³/mol. The monoisotopic (exact) mass is 657 g/mol. The number of ether oxygens (including phenoxy) is 3. The van der Waals surface area contributed by atoms with Crippen LogP contribution >= 0.6 is 0 Å². The van der Waals surface area contributed by atoms with E-state index in [1.165, 1.54) is 13.2 Å². The average Bonchev–Trinajstić information content (AvgIpc) is 3.57. The molecule has 3 fully saturated rings. The van der Waals surface area contributed by atoms with E-state index >= 15 is 8.78 Å². The minimum absolute atomic E-state index is 0.00750. The van der Waals surface area contributed by atoms with Crippen molar-refractivity contribution in [3.63, 3.8) is 0 Å². The summed E-state index contributed by atoms with van der Waals surface area (Å²) in [6, 6.07) is 6.27. The van der Waals surface area contributed by atoms with Crippen LogP contribution in [-0.2, 0) is 11.2 Å². The molecule has 8 nitrogen and oxygen atoms in total. The highest BCUT2D eigenvalue weighted by molar-refractivity contribution is 6.03. The van der Waals surface area contributed by atoms with Gasteiger partial charge < -0.3 is 19.1 Å². The van der Waals surface area contributed by atoms with Crippen molar-refractivity contribution in [2.75, 3.05) is 45.0 Å². The molecular formula is C37H38F3N5O3. The number of hydrogen-bond donors (Lipinski definition) is 0. The van der Waals surface area contributed by atoms with Gasteiger partial charge in [0.2, 0.25) is 0 Å². The molecule has 0 bridgehead atoms. The second-order valence-corrected chi connectivity index (χ2v) is 13.9. The number of benzene rings is 2. The van der Waals surface area contributed by atoms with Crippen molar-refractivity contribution in [1.82, 2.24) is 19.9 Å². The van der Waals surface area contributed by atoms with E-state index in [4.69, 9.17) is 35.6 Å². The normalized spacial score (nSPS) is 25.2. The van der Waals surface area contributed by atoms with Crippen molar-refractivity contribution in [3.8, 4) is 35.4 Å². The highest BCUT2D eigenvalue weighted by Gasteiger charge is 2.49. The molecule has 0 amide bonds. The molecule has 1 unspecified atom stereocenters. The molecule has 0 aliphatic carbocycles. The molecule has 4 aliphatic rings. The second kappa shape index (κ2) is 11.8. The number of anilines is 1. The van der Waals surface area contributed by atoms with E-state index in [2.05, 4.69) is 22.6 Å². The molecule has 250 valence electrons. The third kappa shape index (κ3) is 4.95. The predicted octanol–water partition coefficient (Wildman–Crippen LogP) is 6.74. The van der Waals surface area contributed by atoms with Crippen LogP contribution in [0.5, 0.6) is 11.8 Å². The summed E-state index contributed by atoms with van der Waals surface area (Å²) in [7, 11) is 1.50. The third-order valence-corrected chi connectivity index (χ3v) is 11.0. The summed E-state index contributed by atoms with van der Waals surface area (Å²) in [5, 5.41) is 1.48. The first-order valence-corrected chi connectivity index (χ1v) is 16.8. The van der Waals surface area contributed by atoms with Gasteiger partial charge in [-0.05, 0) is 82.0 Å². The molecule has 3 atom stereocenters. The van der Waals surface area contributed by atoms with Gasteiger partial charge in [0.15, 0.2) is 12.6 Å². The molecule has 0 N–H and O–H groups in total. The number of aromatic nitrogens is 3. The summed E-state index contributed by atoms with van der Waals surface area (Å²) in [4.78, 5) is 19.1. The zero-order valence-electron chi connectivity index (χ0n) is 27.3. The summed E-state index contributed by atoms with van der Waals surface area (Å²) in [5.41, 5.74) is 0.384. The second-order valence-electron chi connectivity index (χ2n) is 13.9. The summed E-state index contributed by atoms with van der Waals surface area (Å²) in [6.07, 6.45) is 11.5. The lowest BCUT2D eigenvalue weighted by atomic mass is 9.85. The van der Waals surface area contributed by atoms with Crippen molar-refractivity contribution in [2.45, 2.75) is 75.5 Å². The Bertz CT molecular complexity index is 1980. The number of fused-ring (bicyclic) bond motifs is 4. The van der Waals surface area contributed by atoms with Crippen molar-refractivity contribution in [1.29, 1.82) is 0 Å². The standard InChI is InChI=1S/C37H38F3N5O3/c1-4-25-27(39)9-8-22-16-24(48-21-46-3)17-26(29(22)25)32-31(40)33-30-28(41-32)10-13-36(2)11-5-6-15-45(36)34(30)43-35(42-33)47-20-37-12-7-14-44(37)19-23(38)18-37/h1,8-9,16-17,23H,5-7,10-15,18-21H2,2-3H3/t23-,36?,37+/m1/s1. The van der Waals surface area contributed by atoms with Gasteiger partial charge in [-0.15, -0.1) is 6.42 Å². The SMILES string of the molecule is C#Cc1c(F)ccc2cc(OCOC)cc(-c3nc4c5c(nc(OC[C@@]67CCCN6C[C@H](F)C7)nc5c3F)N3CCCCC3(C)CC4)c12. The Balaban J connectivity index is 1.34. The molecule has 4 aliphatic heterocycles. The Morgan fingerprint density at radius 2 is 1.90 bits per heavy atom. The molecule has 3 saturated heterocycles. The summed E-state index contributed by atoms with van der Waals surface area (Å²) in [6.45, 7) is 4.39. The lowest BCUT2D eigenvalue weighted by Gasteiger charge is -2.45. The number of terminal acetylenes is 1. The molecule has 0 saturated carbocycles. The van der Waals surface area contributed by atoms with Crippen molar-refractivity contribution < 1.29 is 27.4 Å². The first-order valence-electron chi connectivity index (χ1n) is 16.8. The molecule has 4 aromatic rings. The van der Waals surface area contributed by atoms with E-state index in [-0.39, 0.29) is 47.3 Å². The third-order valence-electron chi connectivity index (χ3n) is 11.0. The van der Waals surface area contributed by atoms with Crippen LogP contribution in [-0.4, -0.2) is 77.2 Å². The van der Waals surface area contributed by atoms with Crippen molar-refractivity contribution in [2.24, 2.45) is 0 Å². The van der Waals surface area contributed by atoms with E-state index in [9.17, 15) is 4.39 Å². The average molecular weight is 658 g/mol. The van der Waals surface area contributed by atoms with E-state index in [1.54, 1.807) is 18.2 Å². The minimum atomic E-state index is -0.907. The van der Waals surface area contributed by atoms with Crippen LogP contribution in [0.4, 0.5) is 19.0 Å². The number of methoxy groups -OCH3 is 1. The molecule has 48 heavy (non-hydrogen) atoms. The van der Waals surface area contributed by atoms with Gasteiger partial charge in [-0.3, -0.25) is 4.90 Å². The van der Waals surface area contributed by atoms with Crippen LogP contribution in [0.25, 0.3) is 32.9 Å². The van der Waals surface area contributed by atoms with Crippen LogP contribution in [0.1, 0.15) is 63.1 Å². The van der Waals surface area contributed by atoms with Gasteiger partial charge in [-0.25, -0.2) is 18.2 Å². The van der Waals surface area contributed by atoms with Gasteiger partial charge in [0.05, 0.1) is 22.2 Å². The maximum atomic E-state index is 17.3. The molecule has 2 aromatic heterocycles. The zero-order valence-corrected chi connectivity index (χ0v) is 27.3. The van der Waals surface area contributed by atoms with Crippen molar-refractivity contribution in [3.05, 3.63) is 47.2 Å². The fourth-order valence-electron chi connectivity index (χ4n) is 8.61. The van der Waals surface area contributed by atoms with Gasteiger partial charge in [-0.1, -0.05) is 12.0 Å². The van der Waals surface area contributed by atoms with E-state index in [0.29, 0.717) is 52.8 Å². The van der Waals surface area contributed by atoms with Gasteiger partial charge in [0.1, 0.15) is 41.4 Å². The minimum Gasteiger partial charge on any atom is -0.468 e. The highest BCUT2D eigenvalue weighted by atomic mass is 19.1. The number of piperidine rings is 1. The number of rotatable bonds is 7. The molecule has 11 heteroatoms. The molecule has 8 rings (SSSR count). The summed E-state index contributed by atoms with van der Waals surface area (Å²) in [5.74, 6) is 2.18. The summed E-state index contributed by atoms with van der Waals surface area (Å²) >= 11 is 0. The van der Waals surface area contributed by atoms with Gasteiger partial charge in [-0.2, -0.15) is 9.97 Å². The van der Waals surface area contributed by atoms with Crippen LogP contribution in [0, 0.1) is 24.0 Å². The quantitative estimate of drug-likeness (QED) is 0.160. The van der Waals surface area contributed by atoms with Gasteiger partial charge in [0, 0.05) is 43.1 Å². The highest BCUT2D eigenvalue weighted by Crippen LogP contribution is 2.46. The van der Waals surface area contributed by atoms with Crippen LogP contribution in [0.15, 0.2) is 24.3 Å². The maximum Gasteiger partial charge on any atom is 0.319 e. The Hall–Kier alpha value is -4.14. The van der Waals surface area contributed by atoms with Crippen LogP contribution < -0.4 is 14.4 Å². The van der Waals surface area contributed by atoms with E-state index in [0.717, 1.165) is 51.6 Å². The Morgan fingerprint density at radius 1 is 1.02 bits per heavy atom. The van der Waals surface area contributed by atoms with Gasteiger partial charge in [0.25, 0.3) is 0 Å². The topological polar surface area (TPSA) is 72.8 Å². The van der Waals surface area contributed by atoms with Crippen LogP contribution in [0.2, 0.25) is 0 Å². The molecule has 6 heterocycles. The smallest absolute Gasteiger partial charge is 0.319 e. The fourth-order valence-corrected chi connectivity index (χ4v) is 8.61. The zero-order chi connectivity index (χ0) is 33.2. The first-order chi connectivity index (χ1) is 23.2. The number of pyridine rings is 1. The number of alkyl halides is 1. The van der Waals surface area contributed by atoms with E-state index in [1.807, 2.05) is 0 Å². The lowest BCUT2D eigenvalue weighted by Crippen LogP contribution is -2.50. The number of halogens is 3. The molecule has 2 aromatic carbocycles. The van der Waals surface area contributed by atoms with E-state index < -0.39 is 23.3 Å². The Kier molecular flexibility index (Phi) is 7.64. The Labute approximate surface area is 277 Å². The maximum absolute atomic E-state index is 17.3. The number of aryl methyl sites for hydroxylation is 1. The molecular weight excluding hydrogens is 619 g/mol. The molecule has 0 radical (unpaired) electrons. The number of hydrogen-bond acceptors (Lipinski definition) is 8. The Morgan fingerprint density at radius 3 is 2.73 bits per heavy atom. The van der Waals surface area contributed by atoms with Gasteiger partial charge >= 0.3 is 6.01 Å².